The Morgan fingerprint density at radius 1 is 1.11 bits per heavy atom. The summed E-state index contributed by atoms with van der Waals surface area (Å²) in [7, 11) is 1.64. The van der Waals surface area contributed by atoms with Gasteiger partial charge in [-0.15, -0.1) is 10.2 Å². The lowest BCUT2D eigenvalue weighted by atomic mass is 9.48. The van der Waals surface area contributed by atoms with Gasteiger partial charge >= 0.3 is 0 Å². The molecule has 1 heterocycles. The number of ether oxygens (including phenoxy) is 1. The summed E-state index contributed by atoms with van der Waals surface area (Å²) >= 11 is 1.39. The molecule has 2 aromatic rings. The molecule has 4 bridgehead atoms. The molecule has 0 aliphatic heterocycles. The molecule has 4 fully saturated rings. The maximum absolute atomic E-state index is 13.1. The van der Waals surface area contributed by atoms with Crippen molar-refractivity contribution in [2.75, 3.05) is 12.9 Å². The van der Waals surface area contributed by atoms with Crippen molar-refractivity contribution in [3.8, 4) is 17.2 Å². The van der Waals surface area contributed by atoms with Crippen LogP contribution in [0, 0.1) is 23.2 Å². The zero-order chi connectivity index (χ0) is 18.4. The van der Waals surface area contributed by atoms with Crippen LogP contribution in [0.1, 0.15) is 38.5 Å². The topological polar surface area (TPSA) is 65.2 Å². The molecule has 6 rings (SSSR count). The molecule has 0 amide bonds. The van der Waals surface area contributed by atoms with Gasteiger partial charge in [0.1, 0.15) is 11.5 Å². The number of hydrogen-bond donors (Lipinski definition) is 0. The van der Waals surface area contributed by atoms with E-state index in [-0.39, 0.29) is 5.41 Å². The van der Waals surface area contributed by atoms with E-state index in [0.717, 1.165) is 48.3 Å². The molecule has 1 aromatic carbocycles. The van der Waals surface area contributed by atoms with Crippen LogP contribution in [0.5, 0.6) is 5.75 Å². The fourth-order valence-electron chi connectivity index (χ4n) is 5.85. The van der Waals surface area contributed by atoms with Crippen molar-refractivity contribution in [2.24, 2.45) is 23.2 Å². The molecule has 0 saturated heterocycles. The van der Waals surface area contributed by atoms with Gasteiger partial charge in [0.15, 0.2) is 0 Å². The van der Waals surface area contributed by atoms with E-state index in [4.69, 9.17) is 9.15 Å². The van der Waals surface area contributed by atoms with E-state index in [2.05, 4.69) is 10.2 Å². The van der Waals surface area contributed by atoms with Gasteiger partial charge in [0, 0.05) is 11.0 Å². The fraction of sp³-hybridized carbons (Fsp3) is 0.571. The quantitative estimate of drug-likeness (QED) is 0.677. The molecular formula is C21H24N2O3S. The number of carbonyl (C=O) groups excluding carboxylic acids is 1. The van der Waals surface area contributed by atoms with Crippen molar-refractivity contribution < 1.29 is 13.9 Å². The molecule has 0 spiro atoms. The first-order valence-corrected chi connectivity index (χ1v) is 10.8. The number of ketones is 1. The summed E-state index contributed by atoms with van der Waals surface area (Å²) in [6.07, 6.45) is 7.40. The van der Waals surface area contributed by atoms with E-state index in [1.807, 2.05) is 24.3 Å². The molecule has 0 unspecified atom stereocenters. The van der Waals surface area contributed by atoms with Crippen molar-refractivity contribution in [2.45, 2.75) is 43.7 Å². The Balaban J connectivity index is 1.24. The predicted molar refractivity (Wildman–Crippen MR) is 103 cm³/mol. The molecule has 142 valence electrons. The Labute approximate surface area is 163 Å². The van der Waals surface area contributed by atoms with Crippen molar-refractivity contribution >= 4 is 17.5 Å². The van der Waals surface area contributed by atoms with Crippen LogP contribution in [-0.4, -0.2) is 28.8 Å². The Morgan fingerprint density at radius 2 is 1.74 bits per heavy atom. The first-order valence-electron chi connectivity index (χ1n) is 9.77. The summed E-state index contributed by atoms with van der Waals surface area (Å²) < 4.78 is 10.9. The van der Waals surface area contributed by atoms with Crippen LogP contribution in [-0.2, 0) is 4.79 Å². The second-order valence-corrected chi connectivity index (χ2v) is 9.44. The summed E-state index contributed by atoms with van der Waals surface area (Å²) in [5.74, 6) is 4.46. The summed E-state index contributed by atoms with van der Waals surface area (Å²) in [6.45, 7) is 0. The molecule has 5 nitrogen and oxygen atoms in total. The Kier molecular flexibility index (Phi) is 4.26. The van der Waals surface area contributed by atoms with Crippen LogP contribution in [0.25, 0.3) is 11.5 Å². The van der Waals surface area contributed by atoms with Crippen molar-refractivity contribution in [3.63, 3.8) is 0 Å². The van der Waals surface area contributed by atoms with Gasteiger partial charge in [-0.1, -0.05) is 11.8 Å². The number of rotatable bonds is 6. The van der Waals surface area contributed by atoms with Crippen molar-refractivity contribution in [1.82, 2.24) is 10.2 Å². The number of hydrogen-bond acceptors (Lipinski definition) is 6. The first-order chi connectivity index (χ1) is 13.1. The molecule has 1 aromatic heterocycles. The number of nitrogens with zero attached hydrogens (tertiary/aromatic N) is 2. The minimum Gasteiger partial charge on any atom is -0.497 e. The molecule has 0 atom stereocenters. The number of thioether (sulfide) groups is 1. The van der Waals surface area contributed by atoms with Gasteiger partial charge in [0.25, 0.3) is 5.22 Å². The highest BCUT2D eigenvalue weighted by atomic mass is 32.2. The highest BCUT2D eigenvalue weighted by Gasteiger charge is 2.54. The second kappa shape index (κ2) is 6.66. The van der Waals surface area contributed by atoms with Crippen LogP contribution in [0.2, 0.25) is 0 Å². The van der Waals surface area contributed by atoms with Crippen LogP contribution in [0.3, 0.4) is 0 Å². The third-order valence-electron chi connectivity index (χ3n) is 6.70. The standard InChI is InChI=1S/C21H24N2O3S/c1-25-17-4-2-16(3-5-17)19-22-23-20(26-19)27-12-18(24)21-9-13-6-14(10-21)8-15(7-13)11-21/h2-5,13-15H,6-12H2,1H3. The first kappa shape index (κ1) is 17.3. The predicted octanol–water partition coefficient (Wildman–Crippen LogP) is 4.62. The highest BCUT2D eigenvalue weighted by molar-refractivity contribution is 7.99. The molecule has 4 saturated carbocycles. The molecule has 4 aliphatic rings. The Hall–Kier alpha value is -1.82. The van der Waals surface area contributed by atoms with E-state index < -0.39 is 0 Å². The van der Waals surface area contributed by atoms with E-state index in [0.29, 0.717) is 22.6 Å². The molecule has 0 radical (unpaired) electrons. The molecule has 0 N–H and O–H groups in total. The average molecular weight is 385 g/mol. The van der Waals surface area contributed by atoms with E-state index >= 15 is 0 Å². The molecule has 6 heteroatoms. The molecule has 27 heavy (non-hydrogen) atoms. The zero-order valence-electron chi connectivity index (χ0n) is 15.5. The van der Waals surface area contributed by atoms with Gasteiger partial charge in [0.05, 0.1) is 12.9 Å². The Bertz CT molecular complexity index is 810. The lowest BCUT2D eigenvalue weighted by Crippen LogP contribution is -2.50. The summed E-state index contributed by atoms with van der Waals surface area (Å²) in [5, 5.41) is 8.71. The number of aromatic nitrogens is 2. The molecule has 4 aliphatic carbocycles. The fourth-order valence-corrected chi connectivity index (χ4v) is 6.65. The SMILES string of the molecule is COc1ccc(-c2nnc(SCC(=O)C34CC5CC(CC(C5)C3)C4)o2)cc1. The number of methoxy groups -OCH3 is 1. The van der Waals surface area contributed by atoms with E-state index in [1.54, 1.807) is 7.11 Å². The van der Waals surface area contributed by atoms with Gasteiger partial charge in [-0.25, -0.2) is 0 Å². The van der Waals surface area contributed by atoms with E-state index in [1.165, 1.54) is 31.0 Å². The zero-order valence-corrected chi connectivity index (χ0v) is 16.3. The number of Topliss-reactive ketones (excluding diaryl/α,β-unsaturated/α-hetero) is 1. The number of carbonyl (C=O) groups is 1. The highest BCUT2D eigenvalue weighted by Crippen LogP contribution is 2.60. The van der Waals surface area contributed by atoms with Crippen LogP contribution >= 0.6 is 11.8 Å². The lowest BCUT2D eigenvalue weighted by molar-refractivity contribution is -0.141. The van der Waals surface area contributed by atoms with E-state index in [9.17, 15) is 4.79 Å². The van der Waals surface area contributed by atoms with Gasteiger partial charge in [0.2, 0.25) is 5.89 Å². The summed E-state index contributed by atoms with van der Waals surface area (Å²) in [4.78, 5) is 13.1. The smallest absolute Gasteiger partial charge is 0.277 e. The van der Waals surface area contributed by atoms with Crippen LogP contribution < -0.4 is 4.74 Å². The van der Waals surface area contributed by atoms with Crippen molar-refractivity contribution in [1.29, 1.82) is 0 Å². The van der Waals surface area contributed by atoms with Crippen molar-refractivity contribution in [3.05, 3.63) is 24.3 Å². The third-order valence-corrected chi connectivity index (χ3v) is 7.52. The third kappa shape index (κ3) is 3.18. The maximum Gasteiger partial charge on any atom is 0.277 e. The summed E-state index contributed by atoms with van der Waals surface area (Å²) in [6, 6.07) is 7.51. The largest absolute Gasteiger partial charge is 0.497 e. The second-order valence-electron chi connectivity index (χ2n) is 8.51. The average Bonchev–Trinajstić information content (AvgIpc) is 3.14. The monoisotopic (exact) mass is 384 g/mol. The lowest BCUT2D eigenvalue weighted by Gasteiger charge is -2.55. The van der Waals surface area contributed by atoms with Crippen LogP contribution in [0.15, 0.2) is 33.9 Å². The normalized spacial score (nSPS) is 31.2. The summed E-state index contributed by atoms with van der Waals surface area (Å²) in [5.41, 5.74) is 0.795. The van der Waals surface area contributed by atoms with Gasteiger partial charge in [-0.05, 0) is 80.5 Å². The Morgan fingerprint density at radius 3 is 2.33 bits per heavy atom. The van der Waals surface area contributed by atoms with Gasteiger partial charge in [-0.3, -0.25) is 4.79 Å². The van der Waals surface area contributed by atoms with Gasteiger partial charge in [-0.2, -0.15) is 0 Å². The minimum absolute atomic E-state index is 0.0550. The van der Waals surface area contributed by atoms with Gasteiger partial charge < -0.3 is 9.15 Å². The number of benzene rings is 1. The molecular weight excluding hydrogens is 360 g/mol. The van der Waals surface area contributed by atoms with Crippen LogP contribution in [0.4, 0.5) is 0 Å². The minimum atomic E-state index is -0.0550. The maximum atomic E-state index is 13.1.